The van der Waals surface area contributed by atoms with E-state index in [-0.39, 0.29) is 0 Å². The number of benzene rings is 2. The van der Waals surface area contributed by atoms with Gasteiger partial charge in [-0.1, -0.05) is 42.5 Å². The van der Waals surface area contributed by atoms with Gasteiger partial charge >= 0.3 is 0 Å². The molecule has 2 aromatic carbocycles. The molecule has 1 N–H and O–H groups in total. The summed E-state index contributed by atoms with van der Waals surface area (Å²) in [5.41, 5.74) is 4.88. The first-order chi connectivity index (χ1) is 9.43. The van der Waals surface area contributed by atoms with Crippen molar-refractivity contribution >= 4 is 16.7 Å². The standard InChI is InChI=1S/C15H13N3O/c1-2-6-12(7-3-1)10-19-18-15-13-8-4-5-9-14(13)16-11-17-15/h1-9,11H,10H2,(H,16,17,18). The smallest absolute Gasteiger partial charge is 0.160 e. The van der Waals surface area contributed by atoms with Gasteiger partial charge in [0, 0.05) is 5.39 Å². The highest BCUT2D eigenvalue weighted by Gasteiger charge is 2.02. The summed E-state index contributed by atoms with van der Waals surface area (Å²) in [5, 5.41) is 0.943. The molecular weight excluding hydrogens is 238 g/mol. The molecule has 0 amide bonds. The van der Waals surface area contributed by atoms with Crippen molar-refractivity contribution in [2.75, 3.05) is 5.48 Å². The Hall–Kier alpha value is -2.46. The minimum absolute atomic E-state index is 0.485. The molecule has 0 bridgehead atoms. The fourth-order valence-corrected chi connectivity index (χ4v) is 1.85. The van der Waals surface area contributed by atoms with Gasteiger partial charge in [0.25, 0.3) is 0 Å². The second-order valence-electron chi connectivity index (χ2n) is 4.12. The van der Waals surface area contributed by atoms with Gasteiger partial charge in [0.05, 0.1) is 12.1 Å². The summed E-state index contributed by atoms with van der Waals surface area (Å²) in [4.78, 5) is 13.9. The van der Waals surface area contributed by atoms with Crippen LogP contribution >= 0.6 is 0 Å². The quantitative estimate of drug-likeness (QED) is 0.723. The highest BCUT2D eigenvalue weighted by molar-refractivity contribution is 5.88. The van der Waals surface area contributed by atoms with E-state index in [1.165, 1.54) is 6.33 Å². The number of aromatic nitrogens is 2. The molecule has 3 aromatic rings. The Balaban J connectivity index is 1.72. The van der Waals surface area contributed by atoms with Gasteiger partial charge in [-0.15, -0.1) is 0 Å². The molecule has 0 fully saturated rings. The SMILES string of the molecule is c1ccc(CONc2ncnc3ccccc23)cc1. The Morgan fingerprint density at radius 1 is 0.895 bits per heavy atom. The number of fused-ring (bicyclic) bond motifs is 1. The molecule has 0 aliphatic heterocycles. The zero-order chi connectivity index (χ0) is 12.9. The van der Waals surface area contributed by atoms with E-state index in [1.807, 2.05) is 54.6 Å². The van der Waals surface area contributed by atoms with Crippen LogP contribution in [0.3, 0.4) is 0 Å². The van der Waals surface area contributed by atoms with Crippen molar-refractivity contribution in [2.24, 2.45) is 0 Å². The fraction of sp³-hybridized carbons (Fsp3) is 0.0667. The van der Waals surface area contributed by atoms with Gasteiger partial charge in [0.2, 0.25) is 0 Å². The van der Waals surface area contributed by atoms with Crippen LogP contribution < -0.4 is 5.48 Å². The molecule has 0 saturated carbocycles. The largest absolute Gasteiger partial charge is 0.270 e. The summed E-state index contributed by atoms with van der Waals surface area (Å²) in [7, 11) is 0. The molecule has 4 nitrogen and oxygen atoms in total. The summed E-state index contributed by atoms with van der Waals surface area (Å²) in [5.74, 6) is 0.682. The van der Waals surface area contributed by atoms with Gasteiger partial charge in [-0.05, 0) is 17.7 Å². The Morgan fingerprint density at radius 2 is 1.68 bits per heavy atom. The predicted octanol–water partition coefficient (Wildman–Crippen LogP) is 3.17. The molecule has 19 heavy (non-hydrogen) atoms. The lowest BCUT2D eigenvalue weighted by atomic mass is 10.2. The summed E-state index contributed by atoms with van der Waals surface area (Å²) in [6.45, 7) is 0.485. The summed E-state index contributed by atoms with van der Waals surface area (Å²) < 4.78 is 0. The summed E-state index contributed by atoms with van der Waals surface area (Å²) in [6, 6.07) is 17.8. The average molecular weight is 251 g/mol. The lowest BCUT2D eigenvalue weighted by Crippen LogP contribution is -2.04. The molecular formula is C15H13N3O. The first-order valence-corrected chi connectivity index (χ1v) is 6.05. The van der Waals surface area contributed by atoms with Gasteiger partial charge in [0.15, 0.2) is 5.82 Å². The number of para-hydroxylation sites is 1. The minimum Gasteiger partial charge on any atom is -0.270 e. The van der Waals surface area contributed by atoms with Crippen molar-refractivity contribution in [3.05, 3.63) is 66.5 Å². The molecule has 0 unspecified atom stereocenters. The van der Waals surface area contributed by atoms with E-state index in [0.717, 1.165) is 16.5 Å². The number of anilines is 1. The van der Waals surface area contributed by atoms with Crippen LogP contribution in [0.1, 0.15) is 5.56 Å². The summed E-state index contributed by atoms with van der Waals surface area (Å²) >= 11 is 0. The Morgan fingerprint density at radius 3 is 2.58 bits per heavy atom. The van der Waals surface area contributed by atoms with Crippen molar-refractivity contribution in [3.63, 3.8) is 0 Å². The highest BCUT2D eigenvalue weighted by atomic mass is 16.6. The first kappa shape index (κ1) is 11.6. The Bertz CT molecular complexity index is 665. The zero-order valence-corrected chi connectivity index (χ0v) is 10.3. The van der Waals surface area contributed by atoms with Gasteiger partial charge in [-0.3, -0.25) is 4.84 Å². The molecule has 94 valence electrons. The fourth-order valence-electron chi connectivity index (χ4n) is 1.85. The Labute approximate surface area is 111 Å². The topological polar surface area (TPSA) is 47.0 Å². The molecule has 0 aliphatic rings. The molecule has 0 saturated heterocycles. The molecule has 0 spiro atoms. The van der Waals surface area contributed by atoms with E-state index in [0.29, 0.717) is 12.4 Å². The van der Waals surface area contributed by atoms with Crippen molar-refractivity contribution in [1.82, 2.24) is 9.97 Å². The van der Waals surface area contributed by atoms with E-state index in [9.17, 15) is 0 Å². The second-order valence-corrected chi connectivity index (χ2v) is 4.12. The van der Waals surface area contributed by atoms with Gasteiger partial charge < -0.3 is 0 Å². The number of nitrogens with one attached hydrogen (secondary N) is 1. The number of nitrogens with zero attached hydrogens (tertiary/aromatic N) is 2. The van der Waals surface area contributed by atoms with Gasteiger partial charge in [0.1, 0.15) is 6.33 Å². The molecule has 0 aliphatic carbocycles. The number of rotatable bonds is 4. The average Bonchev–Trinajstić information content (AvgIpc) is 2.49. The first-order valence-electron chi connectivity index (χ1n) is 6.05. The van der Waals surface area contributed by atoms with Crippen LogP contribution in [0, 0.1) is 0 Å². The lowest BCUT2D eigenvalue weighted by molar-refractivity contribution is 0.179. The maximum atomic E-state index is 5.47. The van der Waals surface area contributed by atoms with E-state index >= 15 is 0 Å². The molecule has 3 rings (SSSR count). The van der Waals surface area contributed by atoms with Crippen LogP contribution in [0.15, 0.2) is 60.9 Å². The molecule has 0 radical (unpaired) electrons. The van der Waals surface area contributed by atoms with Gasteiger partial charge in [-0.25, -0.2) is 15.4 Å². The zero-order valence-electron chi connectivity index (χ0n) is 10.3. The second kappa shape index (κ2) is 5.46. The third kappa shape index (κ3) is 2.69. The van der Waals surface area contributed by atoms with Crippen molar-refractivity contribution in [2.45, 2.75) is 6.61 Å². The van der Waals surface area contributed by atoms with E-state index in [1.54, 1.807) is 0 Å². The predicted molar refractivity (Wildman–Crippen MR) is 74.4 cm³/mol. The van der Waals surface area contributed by atoms with Crippen molar-refractivity contribution in [3.8, 4) is 0 Å². The van der Waals surface area contributed by atoms with Crippen LogP contribution in [0.5, 0.6) is 0 Å². The van der Waals surface area contributed by atoms with Crippen molar-refractivity contribution in [1.29, 1.82) is 0 Å². The van der Waals surface area contributed by atoms with E-state index in [4.69, 9.17) is 4.84 Å². The number of hydrogen-bond donors (Lipinski definition) is 1. The third-order valence-corrected chi connectivity index (χ3v) is 2.79. The minimum atomic E-state index is 0.485. The van der Waals surface area contributed by atoms with Gasteiger partial charge in [-0.2, -0.15) is 0 Å². The summed E-state index contributed by atoms with van der Waals surface area (Å²) in [6.07, 6.45) is 1.52. The molecule has 1 heterocycles. The van der Waals surface area contributed by atoms with Crippen LogP contribution in [-0.2, 0) is 11.4 Å². The molecule has 4 heteroatoms. The maximum absolute atomic E-state index is 5.47. The van der Waals surface area contributed by atoms with Crippen LogP contribution in [-0.4, -0.2) is 9.97 Å². The van der Waals surface area contributed by atoms with E-state index in [2.05, 4.69) is 15.4 Å². The van der Waals surface area contributed by atoms with Crippen LogP contribution in [0.4, 0.5) is 5.82 Å². The van der Waals surface area contributed by atoms with Crippen LogP contribution in [0.2, 0.25) is 0 Å². The lowest BCUT2D eigenvalue weighted by Gasteiger charge is -2.08. The Kier molecular flexibility index (Phi) is 3.34. The molecule has 1 aromatic heterocycles. The normalized spacial score (nSPS) is 10.5. The number of hydrogen-bond acceptors (Lipinski definition) is 4. The monoisotopic (exact) mass is 251 g/mol. The maximum Gasteiger partial charge on any atom is 0.160 e. The van der Waals surface area contributed by atoms with Crippen LogP contribution in [0.25, 0.3) is 10.9 Å². The third-order valence-electron chi connectivity index (χ3n) is 2.79. The highest BCUT2D eigenvalue weighted by Crippen LogP contribution is 2.18. The van der Waals surface area contributed by atoms with Crippen molar-refractivity contribution < 1.29 is 4.84 Å². The molecule has 0 atom stereocenters. The van der Waals surface area contributed by atoms with E-state index < -0.39 is 0 Å².